The van der Waals surface area contributed by atoms with Crippen molar-refractivity contribution in [3.63, 3.8) is 0 Å². The Bertz CT molecular complexity index is 555. The van der Waals surface area contributed by atoms with E-state index in [0.717, 1.165) is 25.3 Å². The third kappa shape index (κ3) is 4.80. The van der Waals surface area contributed by atoms with E-state index >= 15 is 0 Å². The maximum absolute atomic E-state index is 5.74. The maximum atomic E-state index is 5.74. The highest BCUT2D eigenvalue weighted by molar-refractivity contribution is 5.56. The van der Waals surface area contributed by atoms with Crippen molar-refractivity contribution in [2.45, 2.75) is 46.6 Å². The molecule has 0 saturated heterocycles. The summed E-state index contributed by atoms with van der Waals surface area (Å²) in [7, 11) is 0. The molecule has 0 atom stereocenters. The lowest BCUT2D eigenvalue weighted by Gasteiger charge is -2.13. The molecule has 0 aliphatic rings. The monoisotopic (exact) mass is 297 g/mol. The van der Waals surface area contributed by atoms with Gasteiger partial charge in [-0.3, -0.25) is 0 Å². The SMILES string of the molecule is CCCCCOc1ccc(CNc2c(C)cccc2C)cc1. The first kappa shape index (κ1) is 16.4. The van der Waals surface area contributed by atoms with Crippen LogP contribution in [0.25, 0.3) is 0 Å². The van der Waals surface area contributed by atoms with E-state index in [1.54, 1.807) is 0 Å². The Balaban J connectivity index is 1.86. The summed E-state index contributed by atoms with van der Waals surface area (Å²) < 4.78 is 5.74. The van der Waals surface area contributed by atoms with Crippen LogP contribution in [-0.2, 0) is 6.54 Å². The van der Waals surface area contributed by atoms with Crippen molar-refractivity contribution < 1.29 is 4.74 Å². The highest BCUT2D eigenvalue weighted by Gasteiger charge is 2.02. The predicted molar refractivity (Wildman–Crippen MR) is 94.7 cm³/mol. The molecular weight excluding hydrogens is 270 g/mol. The summed E-state index contributed by atoms with van der Waals surface area (Å²) in [5.74, 6) is 0.965. The number of anilines is 1. The molecule has 22 heavy (non-hydrogen) atoms. The van der Waals surface area contributed by atoms with Gasteiger partial charge in [-0.15, -0.1) is 0 Å². The van der Waals surface area contributed by atoms with Gasteiger partial charge in [0.05, 0.1) is 6.61 Å². The lowest BCUT2D eigenvalue weighted by Crippen LogP contribution is -2.03. The summed E-state index contributed by atoms with van der Waals surface area (Å²) in [4.78, 5) is 0. The van der Waals surface area contributed by atoms with Crippen LogP contribution in [0.4, 0.5) is 5.69 Å². The van der Waals surface area contributed by atoms with Crippen LogP contribution in [0.1, 0.15) is 42.9 Å². The predicted octanol–water partition coefficient (Wildman–Crippen LogP) is 5.48. The first-order valence-electron chi connectivity index (χ1n) is 8.22. The van der Waals surface area contributed by atoms with E-state index in [1.165, 1.54) is 35.2 Å². The van der Waals surface area contributed by atoms with Gasteiger partial charge in [0.25, 0.3) is 0 Å². The van der Waals surface area contributed by atoms with Crippen LogP contribution in [0.2, 0.25) is 0 Å². The smallest absolute Gasteiger partial charge is 0.119 e. The third-order valence-corrected chi connectivity index (χ3v) is 3.89. The minimum Gasteiger partial charge on any atom is -0.494 e. The molecule has 2 aromatic carbocycles. The Morgan fingerprint density at radius 1 is 0.909 bits per heavy atom. The second-order valence-electron chi connectivity index (χ2n) is 5.82. The molecule has 1 N–H and O–H groups in total. The van der Waals surface area contributed by atoms with E-state index < -0.39 is 0 Å². The van der Waals surface area contributed by atoms with Gasteiger partial charge >= 0.3 is 0 Å². The standard InChI is InChI=1S/C20H27NO/c1-4-5-6-14-22-19-12-10-18(11-13-19)15-21-20-16(2)8-7-9-17(20)3/h7-13,21H,4-6,14-15H2,1-3H3. The van der Waals surface area contributed by atoms with Gasteiger partial charge in [-0.25, -0.2) is 0 Å². The number of hydrogen-bond donors (Lipinski definition) is 1. The molecule has 0 heterocycles. The van der Waals surface area contributed by atoms with Crippen molar-refractivity contribution in [1.29, 1.82) is 0 Å². The van der Waals surface area contributed by atoms with Crippen molar-refractivity contribution in [3.05, 3.63) is 59.2 Å². The molecule has 0 spiro atoms. The van der Waals surface area contributed by atoms with Gasteiger partial charge in [0.1, 0.15) is 5.75 Å². The quantitative estimate of drug-likeness (QED) is 0.651. The second kappa shape index (κ2) is 8.47. The number of rotatable bonds is 8. The summed E-state index contributed by atoms with van der Waals surface area (Å²) in [6.45, 7) is 8.14. The zero-order valence-electron chi connectivity index (χ0n) is 14.0. The Morgan fingerprint density at radius 3 is 2.23 bits per heavy atom. The van der Waals surface area contributed by atoms with E-state index in [2.05, 4.69) is 68.6 Å². The Labute approximate surface area is 134 Å². The summed E-state index contributed by atoms with van der Waals surface area (Å²) >= 11 is 0. The second-order valence-corrected chi connectivity index (χ2v) is 5.82. The first-order valence-corrected chi connectivity index (χ1v) is 8.22. The van der Waals surface area contributed by atoms with Crippen LogP contribution in [0.15, 0.2) is 42.5 Å². The van der Waals surface area contributed by atoms with Gasteiger partial charge in [0.2, 0.25) is 0 Å². The normalized spacial score (nSPS) is 10.5. The molecule has 0 unspecified atom stereocenters. The van der Waals surface area contributed by atoms with Crippen molar-refractivity contribution in [2.24, 2.45) is 0 Å². The van der Waals surface area contributed by atoms with Gasteiger partial charge in [-0.2, -0.15) is 0 Å². The van der Waals surface area contributed by atoms with Crippen LogP contribution >= 0.6 is 0 Å². The summed E-state index contributed by atoms with van der Waals surface area (Å²) in [6, 6.07) is 14.8. The fourth-order valence-electron chi connectivity index (χ4n) is 2.53. The largest absolute Gasteiger partial charge is 0.494 e. The van der Waals surface area contributed by atoms with Crippen LogP contribution < -0.4 is 10.1 Å². The highest BCUT2D eigenvalue weighted by atomic mass is 16.5. The minimum atomic E-state index is 0.813. The Kier molecular flexibility index (Phi) is 6.32. The molecule has 0 radical (unpaired) electrons. The number of unbranched alkanes of at least 4 members (excludes halogenated alkanes) is 2. The molecule has 2 aromatic rings. The highest BCUT2D eigenvalue weighted by Crippen LogP contribution is 2.21. The average molecular weight is 297 g/mol. The Morgan fingerprint density at radius 2 is 1.59 bits per heavy atom. The number of benzene rings is 2. The molecule has 0 aliphatic carbocycles. The fourth-order valence-corrected chi connectivity index (χ4v) is 2.53. The molecule has 0 aliphatic heterocycles. The van der Waals surface area contributed by atoms with Crippen LogP contribution in [0.3, 0.4) is 0 Å². The van der Waals surface area contributed by atoms with Crippen molar-refractivity contribution in [2.75, 3.05) is 11.9 Å². The molecule has 2 rings (SSSR count). The van der Waals surface area contributed by atoms with Gasteiger partial charge < -0.3 is 10.1 Å². The molecule has 0 aromatic heterocycles. The van der Waals surface area contributed by atoms with E-state index in [9.17, 15) is 0 Å². The van der Waals surface area contributed by atoms with Crippen molar-refractivity contribution in [1.82, 2.24) is 0 Å². The van der Waals surface area contributed by atoms with Crippen molar-refractivity contribution in [3.8, 4) is 5.75 Å². The van der Waals surface area contributed by atoms with Gasteiger partial charge in [0, 0.05) is 12.2 Å². The number of para-hydroxylation sites is 1. The average Bonchev–Trinajstić information content (AvgIpc) is 2.52. The number of aryl methyl sites for hydroxylation is 2. The summed E-state index contributed by atoms with van der Waals surface area (Å²) in [5, 5.41) is 3.54. The maximum Gasteiger partial charge on any atom is 0.119 e. The zero-order valence-corrected chi connectivity index (χ0v) is 14.0. The molecule has 0 fully saturated rings. The van der Waals surface area contributed by atoms with Gasteiger partial charge in [-0.05, 0) is 49.1 Å². The fraction of sp³-hybridized carbons (Fsp3) is 0.400. The van der Waals surface area contributed by atoms with E-state index in [0.29, 0.717) is 0 Å². The first-order chi connectivity index (χ1) is 10.7. The van der Waals surface area contributed by atoms with E-state index in [1.807, 2.05) is 0 Å². The molecular formula is C20H27NO. The van der Waals surface area contributed by atoms with E-state index in [4.69, 9.17) is 4.74 Å². The summed E-state index contributed by atoms with van der Waals surface area (Å²) in [6.07, 6.45) is 3.59. The van der Waals surface area contributed by atoms with E-state index in [-0.39, 0.29) is 0 Å². The lowest BCUT2D eigenvalue weighted by molar-refractivity contribution is 0.306. The minimum absolute atomic E-state index is 0.813. The molecule has 0 amide bonds. The number of ether oxygens (including phenoxy) is 1. The molecule has 2 heteroatoms. The van der Waals surface area contributed by atoms with Crippen LogP contribution in [0, 0.1) is 13.8 Å². The van der Waals surface area contributed by atoms with Gasteiger partial charge in [0.15, 0.2) is 0 Å². The zero-order chi connectivity index (χ0) is 15.8. The number of hydrogen-bond acceptors (Lipinski definition) is 2. The van der Waals surface area contributed by atoms with Crippen LogP contribution in [0.5, 0.6) is 5.75 Å². The molecule has 0 saturated carbocycles. The third-order valence-electron chi connectivity index (χ3n) is 3.89. The topological polar surface area (TPSA) is 21.3 Å². The lowest BCUT2D eigenvalue weighted by atomic mass is 10.1. The molecule has 118 valence electrons. The van der Waals surface area contributed by atoms with Crippen molar-refractivity contribution >= 4 is 5.69 Å². The van der Waals surface area contributed by atoms with Crippen LogP contribution in [-0.4, -0.2) is 6.61 Å². The Hall–Kier alpha value is -1.96. The van der Waals surface area contributed by atoms with Gasteiger partial charge in [-0.1, -0.05) is 50.1 Å². The molecule has 0 bridgehead atoms. The molecule has 2 nitrogen and oxygen atoms in total. The summed E-state index contributed by atoms with van der Waals surface area (Å²) in [5.41, 5.74) is 5.08. The number of nitrogens with one attached hydrogen (secondary N) is 1.